The van der Waals surface area contributed by atoms with E-state index in [4.69, 9.17) is 5.73 Å². The summed E-state index contributed by atoms with van der Waals surface area (Å²) < 4.78 is 38.5. The van der Waals surface area contributed by atoms with Crippen LogP contribution < -0.4 is 5.73 Å². The first-order valence-corrected chi connectivity index (χ1v) is 6.94. The molecule has 1 heterocycles. The molecular weight excluding hydrogens is 243 g/mol. The van der Waals surface area contributed by atoms with E-state index in [1.807, 2.05) is 0 Å². The predicted molar refractivity (Wildman–Crippen MR) is 62.3 cm³/mol. The van der Waals surface area contributed by atoms with Gasteiger partial charge in [-0.15, -0.1) is 0 Å². The Hall–Kier alpha value is -0.980. The van der Waals surface area contributed by atoms with Crippen molar-refractivity contribution >= 4 is 10.0 Å². The van der Waals surface area contributed by atoms with Crippen LogP contribution >= 0.6 is 0 Å². The van der Waals surface area contributed by atoms with Crippen LogP contribution in [0.15, 0.2) is 29.2 Å². The van der Waals surface area contributed by atoms with Crippen LogP contribution in [0.2, 0.25) is 0 Å². The molecule has 4 nitrogen and oxygen atoms in total. The van der Waals surface area contributed by atoms with Gasteiger partial charge in [0.15, 0.2) is 0 Å². The molecule has 2 N–H and O–H groups in total. The molecule has 1 fully saturated rings. The molecule has 1 aromatic rings. The first kappa shape index (κ1) is 12.5. The summed E-state index contributed by atoms with van der Waals surface area (Å²) in [6, 6.07) is 4.90. The van der Waals surface area contributed by atoms with Gasteiger partial charge in [0.25, 0.3) is 0 Å². The maximum atomic E-state index is 12.7. The molecule has 1 aliphatic rings. The van der Waals surface area contributed by atoms with Gasteiger partial charge in [0.2, 0.25) is 10.0 Å². The van der Waals surface area contributed by atoms with Crippen molar-refractivity contribution in [1.29, 1.82) is 0 Å². The Bertz CT molecular complexity index is 487. The van der Waals surface area contributed by atoms with E-state index in [0.29, 0.717) is 19.6 Å². The van der Waals surface area contributed by atoms with Crippen molar-refractivity contribution in [1.82, 2.24) is 4.31 Å². The first-order chi connectivity index (χ1) is 8.04. The van der Waals surface area contributed by atoms with Crippen molar-refractivity contribution in [3.05, 3.63) is 30.1 Å². The topological polar surface area (TPSA) is 63.4 Å². The molecule has 0 saturated carbocycles. The third-order valence-corrected chi connectivity index (χ3v) is 4.91. The second-order valence-electron chi connectivity index (χ2n) is 4.21. The van der Waals surface area contributed by atoms with Crippen LogP contribution in [-0.4, -0.2) is 32.4 Å². The average molecular weight is 258 g/mol. The highest BCUT2D eigenvalue weighted by molar-refractivity contribution is 7.89. The maximum Gasteiger partial charge on any atom is 0.243 e. The fourth-order valence-electron chi connectivity index (χ4n) is 1.96. The number of rotatable bonds is 3. The van der Waals surface area contributed by atoms with Gasteiger partial charge in [-0.25, -0.2) is 12.8 Å². The highest BCUT2D eigenvalue weighted by Crippen LogP contribution is 2.23. The largest absolute Gasteiger partial charge is 0.330 e. The Morgan fingerprint density at radius 3 is 2.53 bits per heavy atom. The average Bonchev–Trinajstić information content (AvgIpc) is 2.78. The lowest BCUT2D eigenvalue weighted by Crippen LogP contribution is -2.30. The van der Waals surface area contributed by atoms with E-state index in [2.05, 4.69) is 0 Å². The third-order valence-electron chi connectivity index (χ3n) is 3.03. The molecule has 1 aromatic carbocycles. The molecule has 0 radical (unpaired) electrons. The predicted octanol–water partition coefficient (Wildman–Crippen LogP) is 0.795. The SMILES string of the molecule is NCC1CCN(S(=O)(=O)c2ccc(F)cc2)C1. The monoisotopic (exact) mass is 258 g/mol. The summed E-state index contributed by atoms with van der Waals surface area (Å²) in [5.41, 5.74) is 5.53. The fourth-order valence-corrected chi connectivity index (χ4v) is 3.49. The molecule has 1 unspecified atom stereocenters. The van der Waals surface area contributed by atoms with Crippen LogP contribution in [0.3, 0.4) is 0 Å². The van der Waals surface area contributed by atoms with Gasteiger partial charge in [-0.1, -0.05) is 0 Å². The molecule has 0 bridgehead atoms. The van der Waals surface area contributed by atoms with Crippen LogP contribution in [0, 0.1) is 11.7 Å². The standard InChI is InChI=1S/C11H15FN2O2S/c12-10-1-3-11(4-2-10)17(15,16)14-6-5-9(7-13)8-14/h1-4,9H,5-8,13H2. The summed E-state index contributed by atoms with van der Waals surface area (Å²) in [4.78, 5) is 0.136. The van der Waals surface area contributed by atoms with E-state index in [1.165, 1.54) is 16.4 Å². The summed E-state index contributed by atoms with van der Waals surface area (Å²) in [7, 11) is -3.49. The normalized spacial score (nSPS) is 21.9. The summed E-state index contributed by atoms with van der Waals surface area (Å²) in [5.74, 6) is -0.213. The van der Waals surface area contributed by atoms with Gasteiger partial charge in [-0.3, -0.25) is 0 Å². The quantitative estimate of drug-likeness (QED) is 0.872. The molecule has 0 aromatic heterocycles. The molecule has 1 atom stereocenters. The van der Waals surface area contributed by atoms with Crippen LogP contribution in [0.5, 0.6) is 0 Å². The lowest BCUT2D eigenvalue weighted by atomic mass is 10.1. The van der Waals surface area contributed by atoms with E-state index in [9.17, 15) is 12.8 Å². The fraction of sp³-hybridized carbons (Fsp3) is 0.455. The number of hydrogen-bond acceptors (Lipinski definition) is 3. The Balaban J connectivity index is 2.22. The van der Waals surface area contributed by atoms with Crippen LogP contribution in [0.1, 0.15) is 6.42 Å². The molecule has 2 rings (SSSR count). The van der Waals surface area contributed by atoms with E-state index < -0.39 is 15.8 Å². The van der Waals surface area contributed by atoms with Gasteiger partial charge < -0.3 is 5.73 Å². The Morgan fingerprint density at radius 2 is 2.00 bits per heavy atom. The van der Waals surface area contributed by atoms with Crippen LogP contribution in [0.25, 0.3) is 0 Å². The second-order valence-corrected chi connectivity index (χ2v) is 6.15. The molecule has 0 amide bonds. The smallest absolute Gasteiger partial charge is 0.243 e. The summed E-state index contributed by atoms with van der Waals surface area (Å²) in [6.45, 7) is 1.44. The zero-order chi connectivity index (χ0) is 12.5. The Labute approximate surface area is 100 Å². The first-order valence-electron chi connectivity index (χ1n) is 5.50. The molecule has 6 heteroatoms. The number of halogens is 1. The van der Waals surface area contributed by atoms with Crippen molar-refractivity contribution < 1.29 is 12.8 Å². The van der Waals surface area contributed by atoms with Crippen molar-refractivity contribution in [3.8, 4) is 0 Å². The third kappa shape index (κ3) is 2.48. The van der Waals surface area contributed by atoms with Gasteiger partial charge in [0.05, 0.1) is 4.90 Å². The number of sulfonamides is 1. The van der Waals surface area contributed by atoms with E-state index in [1.54, 1.807) is 0 Å². The molecule has 17 heavy (non-hydrogen) atoms. The number of nitrogens with two attached hydrogens (primary N) is 1. The summed E-state index contributed by atoms with van der Waals surface area (Å²) >= 11 is 0. The molecule has 1 saturated heterocycles. The number of benzene rings is 1. The van der Waals surface area contributed by atoms with E-state index >= 15 is 0 Å². The van der Waals surface area contributed by atoms with E-state index in [0.717, 1.165) is 18.6 Å². The minimum absolute atomic E-state index is 0.136. The highest BCUT2D eigenvalue weighted by atomic mass is 32.2. The van der Waals surface area contributed by atoms with Crippen molar-refractivity contribution in [2.45, 2.75) is 11.3 Å². The van der Waals surface area contributed by atoms with Gasteiger partial charge in [-0.2, -0.15) is 4.31 Å². The van der Waals surface area contributed by atoms with Crippen molar-refractivity contribution in [2.24, 2.45) is 11.7 Å². The van der Waals surface area contributed by atoms with Gasteiger partial charge in [0, 0.05) is 13.1 Å². The van der Waals surface area contributed by atoms with Crippen LogP contribution in [0.4, 0.5) is 4.39 Å². The van der Waals surface area contributed by atoms with E-state index in [-0.39, 0.29) is 10.8 Å². The van der Waals surface area contributed by atoms with Gasteiger partial charge in [0.1, 0.15) is 5.82 Å². The van der Waals surface area contributed by atoms with Gasteiger partial charge in [-0.05, 0) is 43.1 Å². The lowest BCUT2D eigenvalue weighted by Gasteiger charge is -2.16. The number of hydrogen-bond donors (Lipinski definition) is 1. The summed E-state index contributed by atoms with van der Waals surface area (Å²) in [6.07, 6.45) is 0.789. The molecule has 94 valence electrons. The van der Waals surface area contributed by atoms with Crippen molar-refractivity contribution in [2.75, 3.05) is 19.6 Å². The maximum absolute atomic E-state index is 12.7. The molecule has 0 aliphatic carbocycles. The molecule has 0 spiro atoms. The van der Waals surface area contributed by atoms with Gasteiger partial charge >= 0.3 is 0 Å². The Kier molecular flexibility index (Phi) is 3.46. The van der Waals surface area contributed by atoms with Crippen LogP contribution in [-0.2, 0) is 10.0 Å². The highest BCUT2D eigenvalue weighted by Gasteiger charge is 2.31. The zero-order valence-electron chi connectivity index (χ0n) is 9.34. The minimum Gasteiger partial charge on any atom is -0.330 e. The zero-order valence-corrected chi connectivity index (χ0v) is 10.2. The molecule has 1 aliphatic heterocycles. The molecular formula is C11H15FN2O2S. The Morgan fingerprint density at radius 1 is 1.35 bits per heavy atom. The second kappa shape index (κ2) is 4.72. The minimum atomic E-state index is -3.49. The lowest BCUT2D eigenvalue weighted by molar-refractivity contribution is 0.459. The van der Waals surface area contributed by atoms with Crippen molar-refractivity contribution in [3.63, 3.8) is 0 Å². The number of nitrogens with zero attached hydrogens (tertiary/aromatic N) is 1. The summed E-state index contributed by atoms with van der Waals surface area (Å²) in [5, 5.41) is 0.